The quantitative estimate of drug-likeness (QED) is 0.590. The molecule has 2 heteroatoms. The minimum absolute atomic E-state index is 0.0123. The highest BCUT2D eigenvalue weighted by molar-refractivity contribution is 5.01. The Kier molecular flexibility index (Phi) is 6.26. The Hall–Kier alpha value is -0.810. The van der Waals surface area contributed by atoms with Gasteiger partial charge in [0, 0.05) is 0 Å². The molecule has 0 rings (SSSR count). The topological polar surface area (TPSA) is 33.0 Å². The summed E-state index contributed by atoms with van der Waals surface area (Å²) in [4.78, 5) is 0. The third kappa shape index (κ3) is 4.69. The van der Waals surface area contributed by atoms with E-state index in [4.69, 9.17) is 10.00 Å². The van der Waals surface area contributed by atoms with Crippen molar-refractivity contribution in [2.45, 2.75) is 52.2 Å². The second kappa shape index (κ2) is 6.68. The smallest absolute Gasteiger partial charge is 0.0783 e. The van der Waals surface area contributed by atoms with E-state index >= 15 is 0 Å². The number of nitrogens with zero attached hydrogens (tertiary/aromatic N) is 1. The fourth-order valence-electron chi connectivity index (χ4n) is 1.17. The van der Waals surface area contributed by atoms with E-state index in [-0.39, 0.29) is 12.2 Å². The summed E-state index contributed by atoms with van der Waals surface area (Å²) in [6, 6.07) is 2.10. The molecule has 0 saturated carbocycles. The molecule has 0 saturated heterocycles. The number of ether oxygens (including phenoxy) is 1. The van der Waals surface area contributed by atoms with E-state index in [1.807, 2.05) is 6.92 Å². The zero-order valence-corrected chi connectivity index (χ0v) is 8.84. The van der Waals surface area contributed by atoms with Crippen LogP contribution in [-0.4, -0.2) is 12.2 Å². The van der Waals surface area contributed by atoms with Crippen molar-refractivity contribution in [3.05, 3.63) is 12.2 Å². The van der Waals surface area contributed by atoms with Crippen molar-refractivity contribution in [2.24, 2.45) is 0 Å². The summed E-state index contributed by atoms with van der Waals surface area (Å²) < 4.78 is 5.67. The van der Waals surface area contributed by atoms with Gasteiger partial charge in [-0.3, -0.25) is 0 Å². The maximum Gasteiger partial charge on any atom is 0.0783 e. The van der Waals surface area contributed by atoms with Crippen LogP contribution < -0.4 is 0 Å². The fourth-order valence-corrected chi connectivity index (χ4v) is 1.17. The van der Waals surface area contributed by atoms with E-state index in [9.17, 15) is 0 Å². The highest BCUT2D eigenvalue weighted by Gasteiger charge is 2.12. The average Bonchev–Trinajstić information content (AvgIpc) is 2.13. The van der Waals surface area contributed by atoms with Gasteiger partial charge in [0.15, 0.2) is 0 Å². The second-order valence-electron chi connectivity index (χ2n) is 3.22. The summed E-state index contributed by atoms with van der Waals surface area (Å²) in [5.41, 5.74) is 1.12. The van der Waals surface area contributed by atoms with Crippen molar-refractivity contribution < 1.29 is 4.74 Å². The Morgan fingerprint density at radius 3 is 2.54 bits per heavy atom. The van der Waals surface area contributed by atoms with Crippen LogP contribution in [0.4, 0.5) is 0 Å². The largest absolute Gasteiger partial charge is 0.370 e. The average molecular weight is 181 g/mol. The first-order chi connectivity index (χ1) is 6.15. The van der Waals surface area contributed by atoms with Gasteiger partial charge in [0.1, 0.15) is 0 Å². The van der Waals surface area contributed by atoms with Gasteiger partial charge < -0.3 is 4.74 Å². The lowest BCUT2D eigenvalue weighted by Crippen LogP contribution is -2.20. The minimum atomic E-state index is 0.0123. The van der Waals surface area contributed by atoms with Crippen molar-refractivity contribution in [3.8, 4) is 6.07 Å². The van der Waals surface area contributed by atoms with Crippen molar-refractivity contribution >= 4 is 0 Å². The van der Waals surface area contributed by atoms with Crippen LogP contribution in [0.3, 0.4) is 0 Å². The maximum atomic E-state index is 8.47. The molecular weight excluding hydrogens is 162 g/mol. The predicted octanol–water partition coefficient (Wildman–Crippen LogP) is 3.05. The van der Waals surface area contributed by atoms with Crippen LogP contribution in [0.25, 0.3) is 0 Å². The van der Waals surface area contributed by atoms with Gasteiger partial charge in [-0.05, 0) is 25.3 Å². The predicted molar refractivity (Wildman–Crippen MR) is 54.3 cm³/mol. The molecule has 0 amide bonds. The first kappa shape index (κ1) is 12.2. The molecule has 0 fully saturated rings. The molecule has 0 heterocycles. The minimum Gasteiger partial charge on any atom is -0.370 e. The molecule has 2 atom stereocenters. The number of rotatable bonds is 6. The summed E-state index contributed by atoms with van der Waals surface area (Å²) in [5, 5.41) is 8.47. The summed E-state index contributed by atoms with van der Waals surface area (Å²) in [6.07, 6.45) is 2.46. The van der Waals surface area contributed by atoms with E-state index < -0.39 is 0 Å². The van der Waals surface area contributed by atoms with Gasteiger partial charge in [-0.15, -0.1) is 0 Å². The van der Waals surface area contributed by atoms with E-state index in [0.29, 0.717) is 6.42 Å². The number of hydrogen-bond donors (Lipinski definition) is 0. The van der Waals surface area contributed by atoms with Crippen molar-refractivity contribution in [2.75, 3.05) is 0 Å². The van der Waals surface area contributed by atoms with Gasteiger partial charge in [-0.2, -0.15) is 5.26 Å². The number of hydrogen-bond acceptors (Lipinski definition) is 2. The molecule has 0 bridgehead atoms. The molecule has 0 aliphatic carbocycles. The highest BCUT2D eigenvalue weighted by atomic mass is 16.5. The van der Waals surface area contributed by atoms with Gasteiger partial charge in [-0.1, -0.05) is 20.4 Å². The van der Waals surface area contributed by atoms with Crippen LogP contribution >= 0.6 is 0 Å². The molecule has 13 heavy (non-hydrogen) atoms. The summed E-state index contributed by atoms with van der Waals surface area (Å²) >= 11 is 0. The molecule has 0 spiro atoms. The summed E-state index contributed by atoms with van der Waals surface area (Å²) in [5.74, 6) is 0. The monoisotopic (exact) mass is 181 g/mol. The van der Waals surface area contributed by atoms with E-state index in [1.165, 1.54) is 0 Å². The summed E-state index contributed by atoms with van der Waals surface area (Å²) in [6.45, 7) is 10.0. The molecule has 0 aromatic carbocycles. The Morgan fingerprint density at radius 1 is 1.54 bits per heavy atom. The molecule has 0 N–H and O–H groups in total. The lowest BCUT2D eigenvalue weighted by atomic mass is 10.1. The molecular formula is C11H19NO. The van der Waals surface area contributed by atoms with Crippen LogP contribution in [0.15, 0.2) is 12.2 Å². The molecule has 74 valence electrons. The molecule has 0 aliphatic rings. The lowest BCUT2D eigenvalue weighted by molar-refractivity contribution is 0.0181. The zero-order valence-electron chi connectivity index (χ0n) is 8.84. The van der Waals surface area contributed by atoms with Crippen LogP contribution in [0.2, 0.25) is 0 Å². The van der Waals surface area contributed by atoms with Crippen molar-refractivity contribution in [1.29, 1.82) is 5.26 Å². The van der Waals surface area contributed by atoms with Gasteiger partial charge in [0.2, 0.25) is 0 Å². The first-order valence-corrected chi connectivity index (χ1v) is 4.85. The molecule has 2 unspecified atom stereocenters. The molecule has 2 nitrogen and oxygen atoms in total. The standard InChI is InChI=1S/C11H19NO/c1-5-9(3)11(6-2)13-10(4)7-8-12/h10-11H,3,5-7H2,1-2,4H3. The van der Waals surface area contributed by atoms with Crippen LogP contribution in [0, 0.1) is 11.3 Å². The Bertz CT molecular complexity index is 193. The van der Waals surface area contributed by atoms with Gasteiger partial charge in [0.05, 0.1) is 24.7 Å². The van der Waals surface area contributed by atoms with Crippen molar-refractivity contribution in [1.82, 2.24) is 0 Å². The van der Waals surface area contributed by atoms with Crippen LogP contribution in [0.5, 0.6) is 0 Å². The first-order valence-electron chi connectivity index (χ1n) is 4.85. The van der Waals surface area contributed by atoms with E-state index in [0.717, 1.165) is 18.4 Å². The van der Waals surface area contributed by atoms with Crippen molar-refractivity contribution in [3.63, 3.8) is 0 Å². The van der Waals surface area contributed by atoms with Gasteiger partial charge in [0.25, 0.3) is 0 Å². The second-order valence-corrected chi connectivity index (χ2v) is 3.22. The maximum absolute atomic E-state index is 8.47. The van der Waals surface area contributed by atoms with Gasteiger partial charge >= 0.3 is 0 Å². The fraction of sp³-hybridized carbons (Fsp3) is 0.727. The van der Waals surface area contributed by atoms with Crippen LogP contribution in [0.1, 0.15) is 40.0 Å². The SMILES string of the molecule is C=C(CC)C(CC)OC(C)CC#N. The summed E-state index contributed by atoms with van der Waals surface area (Å²) in [7, 11) is 0. The molecule has 0 aromatic rings. The molecule has 0 radical (unpaired) electrons. The van der Waals surface area contributed by atoms with E-state index in [2.05, 4.69) is 26.5 Å². The lowest BCUT2D eigenvalue weighted by Gasteiger charge is -2.21. The third-order valence-corrected chi connectivity index (χ3v) is 2.06. The highest BCUT2D eigenvalue weighted by Crippen LogP contribution is 2.15. The Morgan fingerprint density at radius 2 is 2.15 bits per heavy atom. The normalized spacial score (nSPS) is 14.6. The number of nitriles is 1. The Balaban J connectivity index is 3.98. The van der Waals surface area contributed by atoms with Crippen LogP contribution in [-0.2, 0) is 4.74 Å². The zero-order chi connectivity index (χ0) is 10.3. The Labute approximate surface area is 81.2 Å². The van der Waals surface area contributed by atoms with E-state index in [1.54, 1.807) is 0 Å². The third-order valence-electron chi connectivity index (χ3n) is 2.06. The van der Waals surface area contributed by atoms with Gasteiger partial charge in [-0.25, -0.2) is 0 Å². The molecule has 0 aliphatic heterocycles. The molecule has 0 aromatic heterocycles.